The number of guanidine groups is 1. The summed E-state index contributed by atoms with van der Waals surface area (Å²) in [6.07, 6.45) is 2.96. The van der Waals surface area contributed by atoms with E-state index in [0.717, 1.165) is 23.7 Å². The van der Waals surface area contributed by atoms with Gasteiger partial charge >= 0.3 is 0 Å². The lowest BCUT2D eigenvalue weighted by atomic mass is 9.94. The molecule has 0 spiro atoms. The number of ether oxygens (including phenoxy) is 1. The van der Waals surface area contributed by atoms with E-state index >= 15 is 0 Å². The second-order valence-corrected chi connectivity index (χ2v) is 7.19. The summed E-state index contributed by atoms with van der Waals surface area (Å²) in [7, 11) is 3.55. The fourth-order valence-electron chi connectivity index (χ4n) is 3.67. The van der Waals surface area contributed by atoms with Gasteiger partial charge in [0.25, 0.3) is 0 Å². The summed E-state index contributed by atoms with van der Waals surface area (Å²) >= 11 is 0. The second-order valence-electron chi connectivity index (χ2n) is 7.19. The lowest BCUT2D eigenvalue weighted by molar-refractivity contribution is -0.127. The lowest BCUT2D eigenvalue weighted by Crippen LogP contribution is -2.40. The molecule has 164 valence electrons. The maximum atomic E-state index is 12.3. The standard InChI is InChI=1S/C22H30N4O3.HI/c1-26-20(27)15-18(21(26)17-7-4-3-5-8-17)16-25-22(24-12-14-28-2)23-11-10-19-9-6-13-29-19;/h3-9,13,18,21H,10-12,14-16H2,1-2H3,(H2,23,24,25);1H. The molecular formula is C22H31IN4O3. The Bertz CT molecular complexity index is 783. The highest BCUT2D eigenvalue weighted by atomic mass is 127. The maximum Gasteiger partial charge on any atom is 0.223 e. The minimum absolute atomic E-state index is 0. The van der Waals surface area contributed by atoms with Gasteiger partial charge in [-0.2, -0.15) is 0 Å². The first-order chi connectivity index (χ1) is 14.2. The van der Waals surface area contributed by atoms with E-state index in [0.29, 0.717) is 32.7 Å². The van der Waals surface area contributed by atoms with Crippen molar-refractivity contribution in [3.63, 3.8) is 0 Å². The van der Waals surface area contributed by atoms with Gasteiger partial charge < -0.3 is 24.7 Å². The monoisotopic (exact) mass is 526 g/mol. The highest BCUT2D eigenvalue weighted by molar-refractivity contribution is 14.0. The molecule has 1 aromatic carbocycles. The fourth-order valence-corrected chi connectivity index (χ4v) is 3.67. The van der Waals surface area contributed by atoms with Crippen LogP contribution in [0.2, 0.25) is 0 Å². The summed E-state index contributed by atoms with van der Waals surface area (Å²) in [6, 6.07) is 14.1. The van der Waals surface area contributed by atoms with Crippen LogP contribution in [0.25, 0.3) is 0 Å². The molecule has 2 atom stereocenters. The van der Waals surface area contributed by atoms with Crippen LogP contribution in [0.4, 0.5) is 0 Å². The summed E-state index contributed by atoms with van der Waals surface area (Å²) in [6.45, 7) is 2.53. The van der Waals surface area contributed by atoms with Crippen molar-refractivity contribution in [2.75, 3.05) is 40.4 Å². The Labute approximate surface area is 195 Å². The molecule has 2 unspecified atom stereocenters. The molecule has 7 nitrogen and oxygen atoms in total. The van der Waals surface area contributed by atoms with Crippen molar-refractivity contribution in [1.29, 1.82) is 0 Å². The highest BCUT2D eigenvalue weighted by Crippen LogP contribution is 2.36. The van der Waals surface area contributed by atoms with Crippen molar-refractivity contribution in [2.24, 2.45) is 10.9 Å². The molecule has 1 saturated heterocycles. The van der Waals surface area contributed by atoms with Crippen LogP contribution in [0.15, 0.2) is 58.1 Å². The van der Waals surface area contributed by atoms with Crippen molar-refractivity contribution in [3.05, 3.63) is 60.1 Å². The molecule has 0 bridgehead atoms. The quantitative estimate of drug-likeness (QED) is 0.228. The minimum atomic E-state index is 0. The predicted octanol–water partition coefficient (Wildman–Crippen LogP) is 2.84. The molecule has 8 heteroatoms. The van der Waals surface area contributed by atoms with Crippen LogP contribution < -0.4 is 10.6 Å². The first-order valence-corrected chi connectivity index (χ1v) is 10.0. The number of halogens is 1. The third kappa shape index (κ3) is 6.73. The van der Waals surface area contributed by atoms with Gasteiger partial charge in [-0.15, -0.1) is 24.0 Å². The summed E-state index contributed by atoms with van der Waals surface area (Å²) in [5, 5.41) is 6.63. The zero-order valence-corrected chi connectivity index (χ0v) is 19.9. The number of hydrogen-bond donors (Lipinski definition) is 2. The molecule has 2 N–H and O–H groups in total. The molecule has 1 aliphatic heterocycles. The number of benzene rings is 1. The zero-order chi connectivity index (χ0) is 20.5. The molecule has 0 aliphatic carbocycles. The molecule has 1 aliphatic rings. The number of aliphatic imine (C=N–C) groups is 1. The van der Waals surface area contributed by atoms with E-state index in [1.807, 2.05) is 42.3 Å². The van der Waals surface area contributed by atoms with E-state index < -0.39 is 0 Å². The molecule has 2 heterocycles. The number of nitrogens with zero attached hydrogens (tertiary/aromatic N) is 2. The third-order valence-corrected chi connectivity index (χ3v) is 5.16. The van der Waals surface area contributed by atoms with E-state index in [4.69, 9.17) is 14.1 Å². The van der Waals surface area contributed by atoms with Crippen molar-refractivity contribution < 1.29 is 13.9 Å². The molecule has 2 aromatic rings. The van der Waals surface area contributed by atoms with Crippen LogP contribution in [-0.4, -0.2) is 57.2 Å². The highest BCUT2D eigenvalue weighted by Gasteiger charge is 2.38. The summed E-state index contributed by atoms with van der Waals surface area (Å²) in [4.78, 5) is 19.0. The molecule has 0 radical (unpaired) electrons. The van der Waals surface area contributed by atoms with Gasteiger partial charge in [0.05, 0.1) is 18.9 Å². The number of likely N-dealkylation sites (tertiary alicyclic amines) is 1. The number of amides is 1. The van der Waals surface area contributed by atoms with Gasteiger partial charge in [0.15, 0.2) is 5.96 Å². The largest absolute Gasteiger partial charge is 0.469 e. The number of carbonyl (C=O) groups excluding carboxylic acids is 1. The average molecular weight is 526 g/mol. The van der Waals surface area contributed by atoms with Gasteiger partial charge in [-0.25, -0.2) is 0 Å². The number of hydrogen-bond acceptors (Lipinski definition) is 4. The molecule has 3 rings (SSSR count). The van der Waals surface area contributed by atoms with E-state index in [1.54, 1.807) is 13.4 Å². The number of furan rings is 1. The minimum Gasteiger partial charge on any atom is -0.469 e. The smallest absolute Gasteiger partial charge is 0.223 e. The molecule has 1 aromatic heterocycles. The molecule has 0 saturated carbocycles. The van der Waals surface area contributed by atoms with E-state index in [2.05, 4.69) is 22.8 Å². The Hall–Kier alpha value is -2.07. The molecule has 1 amide bonds. The van der Waals surface area contributed by atoms with Gasteiger partial charge in [0, 0.05) is 52.6 Å². The molecule has 30 heavy (non-hydrogen) atoms. The predicted molar refractivity (Wildman–Crippen MR) is 128 cm³/mol. The second kappa shape index (κ2) is 12.6. The van der Waals surface area contributed by atoms with Gasteiger partial charge in [0.1, 0.15) is 5.76 Å². The fraction of sp³-hybridized carbons (Fsp3) is 0.455. The molecular weight excluding hydrogens is 495 g/mol. The Kier molecular flexibility index (Phi) is 10.2. The van der Waals surface area contributed by atoms with Crippen LogP contribution in [-0.2, 0) is 16.0 Å². The number of rotatable bonds is 9. The van der Waals surface area contributed by atoms with Gasteiger partial charge in [-0.05, 0) is 17.7 Å². The maximum absolute atomic E-state index is 12.3. The van der Waals surface area contributed by atoms with Gasteiger partial charge in [0.2, 0.25) is 5.91 Å². The van der Waals surface area contributed by atoms with Crippen LogP contribution in [0.1, 0.15) is 23.8 Å². The van der Waals surface area contributed by atoms with Gasteiger partial charge in [-0.1, -0.05) is 30.3 Å². The summed E-state index contributed by atoms with van der Waals surface area (Å²) in [5.74, 6) is 1.96. The van der Waals surface area contributed by atoms with E-state index in [9.17, 15) is 4.79 Å². The lowest BCUT2D eigenvalue weighted by Gasteiger charge is -2.25. The van der Waals surface area contributed by atoms with Crippen LogP contribution in [0.5, 0.6) is 0 Å². The first-order valence-electron chi connectivity index (χ1n) is 10.0. The van der Waals surface area contributed by atoms with Crippen LogP contribution in [0.3, 0.4) is 0 Å². The van der Waals surface area contributed by atoms with Crippen molar-refractivity contribution in [2.45, 2.75) is 18.9 Å². The topological polar surface area (TPSA) is 79.1 Å². The SMILES string of the molecule is COCCNC(=NCC1CC(=O)N(C)C1c1ccccc1)NCCc1ccco1.I. The number of carbonyl (C=O) groups is 1. The number of nitrogens with one attached hydrogen (secondary N) is 2. The van der Waals surface area contributed by atoms with Crippen molar-refractivity contribution >= 4 is 35.8 Å². The van der Waals surface area contributed by atoms with Crippen molar-refractivity contribution in [1.82, 2.24) is 15.5 Å². The van der Waals surface area contributed by atoms with Crippen LogP contribution in [0, 0.1) is 5.92 Å². The Morgan fingerprint density at radius 3 is 2.67 bits per heavy atom. The Morgan fingerprint density at radius 1 is 1.20 bits per heavy atom. The normalized spacial score (nSPS) is 18.9. The summed E-state index contributed by atoms with van der Waals surface area (Å²) < 4.78 is 10.5. The van der Waals surface area contributed by atoms with E-state index in [-0.39, 0.29) is 41.8 Å². The summed E-state index contributed by atoms with van der Waals surface area (Å²) in [5.41, 5.74) is 1.15. The Morgan fingerprint density at radius 2 is 1.97 bits per heavy atom. The van der Waals surface area contributed by atoms with E-state index in [1.165, 1.54) is 0 Å². The van der Waals surface area contributed by atoms with Crippen molar-refractivity contribution in [3.8, 4) is 0 Å². The van der Waals surface area contributed by atoms with Crippen LogP contribution >= 0.6 is 24.0 Å². The molecule has 1 fully saturated rings. The zero-order valence-electron chi connectivity index (χ0n) is 17.5. The Balaban J connectivity index is 0.00000320. The first kappa shape index (κ1) is 24.2. The van der Waals surface area contributed by atoms with Gasteiger partial charge in [-0.3, -0.25) is 9.79 Å². The number of methoxy groups -OCH3 is 1. The third-order valence-electron chi connectivity index (χ3n) is 5.16. The average Bonchev–Trinajstić information content (AvgIpc) is 3.35.